The van der Waals surface area contributed by atoms with E-state index in [2.05, 4.69) is 15.9 Å². The average molecular weight is 341 g/mol. The van der Waals surface area contributed by atoms with E-state index in [-0.39, 0.29) is 5.78 Å². The summed E-state index contributed by atoms with van der Waals surface area (Å²) in [5.74, 6) is 1.10. The maximum absolute atomic E-state index is 12.5. The molecule has 2 rings (SSSR count). The molecule has 100 valence electrons. The van der Waals surface area contributed by atoms with Crippen molar-refractivity contribution >= 4 is 33.0 Å². The molecule has 1 heterocycles. The number of rotatable bonds is 4. The molecule has 0 aliphatic heterocycles. The number of benzene rings is 1. The first-order valence-electron chi connectivity index (χ1n) is 5.59. The SMILES string of the molecule is COc1ccc(C(=O)c2sccc2C)c(OC)c1Br. The van der Waals surface area contributed by atoms with Crippen LogP contribution in [0.25, 0.3) is 0 Å². The van der Waals surface area contributed by atoms with Crippen molar-refractivity contribution in [3.05, 3.63) is 44.1 Å². The largest absolute Gasteiger partial charge is 0.495 e. The van der Waals surface area contributed by atoms with E-state index in [9.17, 15) is 4.79 Å². The van der Waals surface area contributed by atoms with Crippen molar-refractivity contribution in [1.29, 1.82) is 0 Å². The highest BCUT2D eigenvalue weighted by atomic mass is 79.9. The Balaban J connectivity index is 2.54. The lowest BCUT2D eigenvalue weighted by molar-refractivity contribution is 0.103. The van der Waals surface area contributed by atoms with Crippen molar-refractivity contribution in [3.63, 3.8) is 0 Å². The van der Waals surface area contributed by atoms with E-state index in [1.54, 1.807) is 19.2 Å². The van der Waals surface area contributed by atoms with Gasteiger partial charge < -0.3 is 9.47 Å². The molecule has 19 heavy (non-hydrogen) atoms. The molecular weight excluding hydrogens is 328 g/mol. The van der Waals surface area contributed by atoms with Crippen LogP contribution in [-0.2, 0) is 0 Å². The molecule has 0 fully saturated rings. The number of aryl methyl sites for hydroxylation is 1. The molecule has 5 heteroatoms. The fourth-order valence-corrected chi connectivity index (χ4v) is 3.35. The van der Waals surface area contributed by atoms with Crippen molar-refractivity contribution in [2.24, 2.45) is 0 Å². The fourth-order valence-electron chi connectivity index (χ4n) is 1.80. The topological polar surface area (TPSA) is 35.5 Å². The number of ether oxygens (including phenoxy) is 2. The zero-order valence-electron chi connectivity index (χ0n) is 10.8. The van der Waals surface area contributed by atoms with Gasteiger partial charge in [0.1, 0.15) is 16.0 Å². The Morgan fingerprint density at radius 1 is 1.21 bits per heavy atom. The van der Waals surface area contributed by atoms with E-state index >= 15 is 0 Å². The lowest BCUT2D eigenvalue weighted by Crippen LogP contribution is -2.04. The third-order valence-electron chi connectivity index (χ3n) is 2.80. The van der Waals surface area contributed by atoms with Crippen LogP contribution in [0.15, 0.2) is 28.1 Å². The first kappa shape index (κ1) is 14.1. The van der Waals surface area contributed by atoms with Gasteiger partial charge in [-0.2, -0.15) is 0 Å². The monoisotopic (exact) mass is 340 g/mol. The number of hydrogen-bond acceptors (Lipinski definition) is 4. The molecule has 0 amide bonds. The highest BCUT2D eigenvalue weighted by Crippen LogP contribution is 2.38. The van der Waals surface area contributed by atoms with E-state index in [0.29, 0.717) is 21.5 Å². The molecular formula is C14H13BrO3S. The van der Waals surface area contributed by atoms with Crippen LogP contribution in [-0.4, -0.2) is 20.0 Å². The standard InChI is InChI=1S/C14H13BrO3S/c1-8-6-7-19-14(8)12(16)9-4-5-10(17-2)11(15)13(9)18-3/h4-7H,1-3H3. The van der Waals surface area contributed by atoms with Gasteiger partial charge in [0.05, 0.1) is 24.7 Å². The maximum Gasteiger partial charge on any atom is 0.206 e. The zero-order valence-corrected chi connectivity index (χ0v) is 13.2. The highest BCUT2D eigenvalue weighted by molar-refractivity contribution is 9.10. The molecule has 0 spiro atoms. The molecule has 0 aliphatic rings. The molecule has 0 N–H and O–H groups in total. The minimum atomic E-state index is -0.0345. The number of halogens is 1. The van der Waals surface area contributed by atoms with Crippen LogP contribution in [0.3, 0.4) is 0 Å². The summed E-state index contributed by atoms with van der Waals surface area (Å²) in [4.78, 5) is 13.3. The molecule has 0 saturated carbocycles. The first-order chi connectivity index (χ1) is 9.10. The van der Waals surface area contributed by atoms with Gasteiger partial charge in [-0.1, -0.05) is 0 Å². The molecule has 1 aromatic heterocycles. The van der Waals surface area contributed by atoms with Crippen molar-refractivity contribution in [2.45, 2.75) is 6.92 Å². The second-order valence-electron chi connectivity index (χ2n) is 3.92. The summed E-state index contributed by atoms with van der Waals surface area (Å²) >= 11 is 4.84. The molecule has 0 radical (unpaired) electrons. The summed E-state index contributed by atoms with van der Waals surface area (Å²) in [6.45, 7) is 1.93. The minimum Gasteiger partial charge on any atom is -0.495 e. The number of carbonyl (C=O) groups is 1. The lowest BCUT2D eigenvalue weighted by atomic mass is 10.1. The molecule has 3 nitrogen and oxygen atoms in total. The zero-order chi connectivity index (χ0) is 14.0. The van der Waals surface area contributed by atoms with Crippen LogP contribution in [0.2, 0.25) is 0 Å². The van der Waals surface area contributed by atoms with Gasteiger partial charge in [-0.05, 0) is 52.0 Å². The highest BCUT2D eigenvalue weighted by Gasteiger charge is 2.21. The third kappa shape index (κ3) is 2.53. The Labute approximate surface area is 124 Å². The smallest absolute Gasteiger partial charge is 0.206 e. The van der Waals surface area contributed by atoms with E-state index in [1.165, 1.54) is 18.4 Å². The van der Waals surface area contributed by atoms with Gasteiger partial charge in [-0.25, -0.2) is 0 Å². The summed E-state index contributed by atoms with van der Waals surface area (Å²) in [5.41, 5.74) is 1.50. The summed E-state index contributed by atoms with van der Waals surface area (Å²) in [5, 5.41) is 1.91. The Bertz CT molecular complexity index is 619. The molecule has 0 atom stereocenters. The van der Waals surface area contributed by atoms with Gasteiger partial charge in [-0.15, -0.1) is 11.3 Å². The molecule has 1 aromatic carbocycles. The van der Waals surface area contributed by atoms with E-state index in [4.69, 9.17) is 9.47 Å². The van der Waals surface area contributed by atoms with E-state index in [1.807, 2.05) is 18.4 Å². The van der Waals surface area contributed by atoms with Crippen molar-refractivity contribution in [1.82, 2.24) is 0 Å². The number of hydrogen-bond donors (Lipinski definition) is 0. The van der Waals surface area contributed by atoms with Crippen molar-refractivity contribution < 1.29 is 14.3 Å². The number of ketones is 1. The van der Waals surface area contributed by atoms with E-state index < -0.39 is 0 Å². The van der Waals surface area contributed by atoms with Gasteiger partial charge in [-0.3, -0.25) is 4.79 Å². The summed E-state index contributed by atoms with van der Waals surface area (Å²) in [7, 11) is 3.11. The van der Waals surface area contributed by atoms with Crippen LogP contribution in [0.5, 0.6) is 11.5 Å². The molecule has 0 bridgehead atoms. The van der Waals surface area contributed by atoms with Gasteiger partial charge in [0.25, 0.3) is 0 Å². The van der Waals surface area contributed by atoms with Crippen LogP contribution in [0, 0.1) is 6.92 Å². The molecule has 0 aliphatic carbocycles. The molecule has 0 unspecified atom stereocenters. The average Bonchev–Trinajstić information content (AvgIpc) is 2.83. The normalized spacial score (nSPS) is 10.3. The number of carbonyl (C=O) groups excluding carboxylic acids is 1. The Morgan fingerprint density at radius 3 is 2.47 bits per heavy atom. The summed E-state index contributed by atoms with van der Waals surface area (Å²) in [6, 6.07) is 5.41. The number of thiophene rings is 1. The summed E-state index contributed by atoms with van der Waals surface area (Å²) < 4.78 is 11.2. The van der Waals surface area contributed by atoms with Crippen molar-refractivity contribution in [2.75, 3.05) is 14.2 Å². The van der Waals surface area contributed by atoms with E-state index in [0.717, 1.165) is 10.4 Å². The quantitative estimate of drug-likeness (QED) is 0.787. The van der Waals surface area contributed by atoms with Gasteiger partial charge in [0.15, 0.2) is 0 Å². The Morgan fingerprint density at radius 2 is 1.95 bits per heavy atom. The Kier molecular flexibility index (Phi) is 4.27. The predicted molar refractivity (Wildman–Crippen MR) is 79.7 cm³/mol. The van der Waals surface area contributed by atoms with Crippen LogP contribution in [0.4, 0.5) is 0 Å². The van der Waals surface area contributed by atoms with Crippen molar-refractivity contribution in [3.8, 4) is 11.5 Å². The predicted octanol–water partition coefficient (Wildman–Crippen LogP) is 4.07. The second-order valence-corrected chi connectivity index (χ2v) is 5.63. The maximum atomic E-state index is 12.5. The first-order valence-corrected chi connectivity index (χ1v) is 7.26. The third-order valence-corrected chi connectivity index (χ3v) is 4.56. The fraction of sp³-hybridized carbons (Fsp3) is 0.214. The summed E-state index contributed by atoms with van der Waals surface area (Å²) in [6.07, 6.45) is 0. The number of methoxy groups -OCH3 is 2. The minimum absolute atomic E-state index is 0.0345. The lowest BCUT2D eigenvalue weighted by Gasteiger charge is -2.12. The van der Waals surface area contributed by atoms with Crippen LogP contribution in [0.1, 0.15) is 20.8 Å². The Hall–Kier alpha value is -1.33. The van der Waals surface area contributed by atoms with Crippen LogP contribution < -0.4 is 9.47 Å². The van der Waals surface area contributed by atoms with Gasteiger partial charge >= 0.3 is 0 Å². The molecule has 2 aromatic rings. The second kappa shape index (κ2) is 5.75. The molecule has 0 saturated heterocycles. The van der Waals surface area contributed by atoms with Gasteiger partial charge in [0, 0.05) is 0 Å². The van der Waals surface area contributed by atoms with Crippen LogP contribution >= 0.6 is 27.3 Å². The van der Waals surface area contributed by atoms with Gasteiger partial charge in [0.2, 0.25) is 5.78 Å².